The van der Waals surface area contributed by atoms with E-state index in [2.05, 4.69) is 4.98 Å². The van der Waals surface area contributed by atoms with Crippen molar-refractivity contribution >= 4 is 22.5 Å². The summed E-state index contributed by atoms with van der Waals surface area (Å²) in [6.07, 6.45) is 3.34. The molecule has 3 aromatic rings. The molecule has 0 radical (unpaired) electrons. The maximum atomic E-state index is 13.7. The number of hydrogen-bond donors (Lipinski definition) is 0. The first-order valence-corrected chi connectivity index (χ1v) is 7.98. The number of benzene rings is 1. The number of hydrogen-bond acceptors (Lipinski definition) is 3. The molecular formula is C17H15ClFN3O. The van der Waals surface area contributed by atoms with Crippen molar-refractivity contribution < 1.29 is 9.13 Å². The quantitative estimate of drug-likeness (QED) is 0.663. The van der Waals surface area contributed by atoms with E-state index in [1.165, 1.54) is 12.3 Å². The van der Waals surface area contributed by atoms with Gasteiger partial charge in [0.2, 0.25) is 5.95 Å². The van der Waals surface area contributed by atoms with E-state index < -0.39 is 5.95 Å². The maximum absolute atomic E-state index is 13.7. The van der Waals surface area contributed by atoms with Crippen LogP contribution in [-0.2, 0) is 4.74 Å². The topological polar surface area (TPSA) is 39.9 Å². The summed E-state index contributed by atoms with van der Waals surface area (Å²) in [5.41, 5.74) is 2.60. The van der Waals surface area contributed by atoms with Gasteiger partial charge in [-0.3, -0.25) is 0 Å². The van der Waals surface area contributed by atoms with E-state index >= 15 is 0 Å². The van der Waals surface area contributed by atoms with Crippen LogP contribution in [0.2, 0.25) is 5.02 Å². The van der Waals surface area contributed by atoms with Crippen molar-refractivity contribution in [2.75, 3.05) is 13.2 Å². The minimum Gasteiger partial charge on any atom is -0.381 e. The summed E-state index contributed by atoms with van der Waals surface area (Å²) in [5, 5.41) is 6.25. The average Bonchev–Trinajstić information content (AvgIpc) is 2.95. The molecule has 1 aliphatic rings. The third kappa shape index (κ3) is 2.71. The van der Waals surface area contributed by atoms with Gasteiger partial charge in [0.1, 0.15) is 0 Å². The molecule has 6 heteroatoms. The summed E-state index contributed by atoms with van der Waals surface area (Å²) >= 11 is 5.96. The van der Waals surface area contributed by atoms with Crippen LogP contribution in [-0.4, -0.2) is 28.0 Å². The minimum absolute atomic E-state index is 0.279. The van der Waals surface area contributed by atoms with Gasteiger partial charge in [0.05, 0.1) is 23.1 Å². The minimum atomic E-state index is -0.485. The summed E-state index contributed by atoms with van der Waals surface area (Å²) in [4.78, 5) is 3.79. The lowest BCUT2D eigenvalue weighted by Crippen LogP contribution is -2.15. The van der Waals surface area contributed by atoms with Gasteiger partial charge in [-0.05, 0) is 37.1 Å². The first-order valence-electron chi connectivity index (χ1n) is 7.60. The summed E-state index contributed by atoms with van der Waals surface area (Å²) in [6, 6.07) is 8.89. The van der Waals surface area contributed by atoms with E-state index in [-0.39, 0.29) is 5.92 Å². The van der Waals surface area contributed by atoms with Crippen LogP contribution >= 0.6 is 11.6 Å². The number of fused-ring (bicyclic) bond motifs is 1. The van der Waals surface area contributed by atoms with Gasteiger partial charge >= 0.3 is 0 Å². The van der Waals surface area contributed by atoms with E-state index in [0.717, 1.165) is 35.1 Å². The van der Waals surface area contributed by atoms with Crippen molar-refractivity contribution in [3.63, 3.8) is 0 Å². The van der Waals surface area contributed by atoms with Crippen molar-refractivity contribution in [3.05, 3.63) is 53.2 Å². The highest BCUT2D eigenvalue weighted by molar-refractivity contribution is 6.30. The van der Waals surface area contributed by atoms with Crippen LogP contribution in [0.3, 0.4) is 0 Å². The van der Waals surface area contributed by atoms with Crippen molar-refractivity contribution in [2.24, 2.45) is 0 Å². The highest BCUT2D eigenvalue weighted by atomic mass is 35.5. The smallest absolute Gasteiger partial charge is 0.213 e. The van der Waals surface area contributed by atoms with Crippen LogP contribution in [0.25, 0.3) is 16.6 Å². The fraction of sp³-hybridized carbons (Fsp3) is 0.294. The third-order valence-electron chi connectivity index (χ3n) is 4.24. The zero-order chi connectivity index (χ0) is 15.8. The largest absolute Gasteiger partial charge is 0.381 e. The van der Waals surface area contributed by atoms with Gasteiger partial charge in [-0.15, -0.1) is 0 Å². The molecule has 0 unspecified atom stereocenters. The zero-order valence-electron chi connectivity index (χ0n) is 12.4. The Labute approximate surface area is 137 Å². The van der Waals surface area contributed by atoms with Gasteiger partial charge in [-0.1, -0.05) is 11.6 Å². The highest BCUT2D eigenvalue weighted by Gasteiger charge is 2.23. The number of halogens is 2. The predicted molar refractivity (Wildman–Crippen MR) is 86.6 cm³/mol. The molecule has 0 aliphatic carbocycles. The summed E-state index contributed by atoms with van der Waals surface area (Å²) in [6.45, 7) is 1.43. The second kappa shape index (κ2) is 5.91. The summed E-state index contributed by atoms with van der Waals surface area (Å²) < 4.78 is 20.9. The third-order valence-corrected chi connectivity index (χ3v) is 4.49. The van der Waals surface area contributed by atoms with Gasteiger partial charge in [0, 0.05) is 35.6 Å². The Bertz CT molecular complexity index is 841. The van der Waals surface area contributed by atoms with Crippen LogP contribution in [0.15, 0.2) is 36.5 Å². The lowest BCUT2D eigenvalue weighted by molar-refractivity contribution is 0.0847. The molecule has 4 nitrogen and oxygen atoms in total. The van der Waals surface area contributed by atoms with Crippen molar-refractivity contribution in [1.82, 2.24) is 14.8 Å². The van der Waals surface area contributed by atoms with Crippen LogP contribution in [0, 0.1) is 5.95 Å². The first-order chi connectivity index (χ1) is 11.2. The van der Waals surface area contributed by atoms with Crippen molar-refractivity contribution in [1.29, 1.82) is 0 Å². The molecule has 1 saturated heterocycles. The van der Waals surface area contributed by atoms with Crippen molar-refractivity contribution in [3.8, 4) is 5.69 Å². The molecule has 23 heavy (non-hydrogen) atoms. The van der Waals surface area contributed by atoms with E-state index in [1.54, 1.807) is 0 Å². The number of aromatic nitrogens is 3. The molecule has 2 aromatic heterocycles. The maximum Gasteiger partial charge on any atom is 0.213 e. The molecule has 0 spiro atoms. The van der Waals surface area contributed by atoms with Gasteiger partial charge in [-0.2, -0.15) is 9.49 Å². The fourth-order valence-corrected chi connectivity index (χ4v) is 3.19. The second-order valence-corrected chi connectivity index (χ2v) is 6.12. The molecule has 4 rings (SSSR count). The molecule has 1 fully saturated rings. The van der Waals surface area contributed by atoms with Gasteiger partial charge in [0.25, 0.3) is 0 Å². The Kier molecular flexibility index (Phi) is 3.75. The Hall–Kier alpha value is -1.98. The average molecular weight is 332 g/mol. The van der Waals surface area contributed by atoms with Crippen LogP contribution in [0.1, 0.15) is 24.5 Å². The molecule has 1 aliphatic heterocycles. The number of rotatable bonds is 2. The lowest BCUT2D eigenvalue weighted by atomic mass is 9.94. The molecule has 118 valence electrons. The normalized spacial score (nSPS) is 16.1. The Balaban J connectivity index is 1.89. The van der Waals surface area contributed by atoms with Crippen LogP contribution in [0.5, 0.6) is 0 Å². The van der Waals surface area contributed by atoms with E-state index in [9.17, 15) is 4.39 Å². The molecule has 0 N–H and O–H groups in total. The lowest BCUT2D eigenvalue weighted by Gasteiger charge is -2.20. The summed E-state index contributed by atoms with van der Waals surface area (Å²) in [7, 11) is 0. The molecule has 3 heterocycles. The Morgan fingerprint density at radius 3 is 2.65 bits per heavy atom. The van der Waals surface area contributed by atoms with Gasteiger partial charge < -0.3 is 4.74 Å². The SMILES string of the molecule is Fc1cc2c(C3CCOCC3)nn(-c3ccc(Cl)cc3)c2cn1. The number of nitrogens with zero attached hydrogens (tertiary/aromatic N) is 3. The molecule has 0 atom stereocenters. The Morgan fingerprint density at radius 1 is 1.17 bits per heavy atom. The monoisotopic (exact) mass is 331 g/mol. The van der Waals surface area contributed by atoms with E-state index in [0.29, 0.717) is 18.2 Å². The second-order valence-electron chi connectivity index (χ2n) is 5.68. The molecule has 0 amide bonds. The number of pyridine rings is 1. The zero-order valence-corrected chi connectivity index (χ0v) is 13.1. The van der Waals surface area contributed by atoms with Crippen LogP contribution in [0.4, 0.5) is 4.39 Å². The van der Waals surface area contributed by atoms with Crippen molar-refractivity contribution in [2.45, 2.75) is 18.8 Å². The standard InChI is InChI=1S/C17H15ClFN3O/c18-12-1-3-13(4-2-12)22-15-10-20-16(19)9-14(15)17(21-22)11-5-7-23-8-6-11/h1-4,9-11H,5-8H2. The summed E-state index contributed by atoms with van der Waals surface area (Å²) in [5.74, 6) is -0.205. The fourth-order valence-electron chi connectivity index (χ4n) is 3.06. The van der Waals surface area contributed by atoms with Crippen LogP contribution < -0.4 is 0 Å². The predicted octanol–water partition coefficient (Wildman–Crippen LogP) is 4.11. The highest BCUT2D eigenvalue weighted by Crippen LogP contribution is 2.33. The molecular weight excluding hydrogens is 317 g/mol. The Morgan fingerprint density at radius 2 is 1.91 bits per heavy atom. The van der Waals surface area contributed by atoms with Gasteiger partial charge in [0.15, 0.2) is 0 Å². The van der Waals surface area contributed by atoms with E-state index in [1.807, 2.05) is 28.9 Å². The first kappa shape index (κ1) is 14.6. The number of ether oxygens (including phenoxy) is 1. The molecule has 1 aromatic carbocycles. The molecule has 0 saturated carbocycles. The van der Waals surface area contributed by atoms with Gasteiger partial charge in [-0.25, -0.2) is 9.67 Å². The van der Waals surface area contributed by atoms with E-state index in [4.69, 9.17) is 21.4 Å². The molecule has 0 bridgehead atoms.